The number of carbonyl (C=O) groups excluding carboxylic acids is 1. The van der Waals surface area contributed by atoms with Gasteiger partial charge in [-0.2, -0.15) is 0 Å². The van der Waals surface area contributed by atoms with Crippen LogP contribution in [0.1, 0.15) is 37.0 Å². The van der Waals surface area contributed by atoms with Gasteiger partial charge in [-0.1, -0.05) is 6.07 Å². The van der Waals surface area contributed by atoms with E-state index in [1.165, 1.54) is 0 Å². The number of rotatable bonds is 7. The Labute approximate surface area is 121 Å². The van der Waals surface area contributed by atoms with Crippen LogP contribution in [0.5, 0.6) is 0 Å². The van der Waals surface area contributed by atoms with E-state index in [4.69, 9.17) is 0 Å². The van der Waals surface area contributed by atoms with Crippen LogP contribution < -0.4 is 5.32 Å². The summed E-state index contributed by atoms with van der Waals surface area (Å²) in [5, 5.41) is 2.94. The molecule has 19 heavy (non-hydrogen) atoms. The Morgan fingerprint density at radius 3 is 2.74 bits per heavy atom. The van der Waals surface area contributed by atoms with E-state index in [-0.39, 0.29) is 5.91 Å². The molecule has 0 unspecified atom stereocenters. The number of unbranched alkanes of at least 4 members (excludes halogenated alkanes) is 1. The van der Waals surface area contributed by atoms with E-state index < -0.39 is 0 Å². The molecule has 1 aromatic rings. The molecule has 0 spiro atoms. The summed E-state index contributed by atoms with van der Waals surface area (Å²) in [5.41, 5.74) is 0.673. The van der Waals surface area contributed by atoms with Gasteiger partial charge in [-0.05, 0) is 58.5 Å². The Morgan fingerprint density at radius 2 is 2.11 bits per heavy atom. The predicted octanol–water partition coefficient (Wildman–Crippen LogP) is 2.83. The molecule has 0 atom stereocenters. The molecule has 4 heteroatoms. The molecule has 106 valence electrons. The number of nitrogens with zero attached hydrogens (tertiary/aromatic N) is 1. The molecule has 0 heterocycles. The van der Waals surface area contributed by atoms with Crippen LogP contribution in [0.2, 0.25) is 0 Å². The van der Waals surface area contributed by atoms with E-state index in [1.54, 1.807) is 6.07 Å². The number of carbonyl (C=O) groups is 1. The minimum Gasteiger partial charge on any atom is -0.352 e. The molecule has 1 rings (SSSR count). The summed E-state index contributed by atoms with van der Waals surface area (Å²) < 4.78 is 0. The van der Waals surface area contributed by atoms with Gasteiger partial charge in [0, 0.05) is 23.0 Å². The standard InChI is InChI=1S/C15H24N2OS/c1-12(2)17(3)10-5-4-9-16-15(18)13-7-6-8-14(19)11-13/h6-8,11-12,19H,4-5,9-10H2,1-3H3,(H,16,18). The number of benzene rings is 1. The maximum Gasteiger partial charge on any atom is 0.251 e. The van der Waals surface area contributed by atoms with Crippen molar-refractivity contribution in [2.75, 3.05) is 20.1 Å². The minimum atomic E-state index is -0.0203. The zero-order valence-electron chi connectivity index (χ0n) is 12.0. The van der Waals surface area contributed by atoms with E-state index in [9.17, 15) is 4.79 Å². The summed E-state index contributed by atoms with van der Waals surface area (Å²) in [7, 11) is 2.13. The van der Waals surface area contributed by atoms with E-state index in [1.807, 2.05) is 18.2 Å². The van der Waals surface area contributed by atoms with Gasteiger partial charge < -0.3 is 10.2 Å². The van der Waals surface area contributed by atoms with Crippen molar-refractivity contribution in [1.82, 2.24) is 10.2 Å². The molecular weight excluding hydrogens is 256 g/mol. The van der Waals surface area contributed by atoms with Crippen molar-refractivity contribution in [3.8, 4) is 0 Å². The zero-order valence-corrected chi connectivity index (χ0v) is 12.9. The van der Waals surface area contributed by atoms with Crippen molar-refractivity contribution in [3.05, 3.63) is 29.8 Å². The van der Waals surface area contributed by atoms with Crippen LogP contribution in [0.3, 0.4) is 0 Å². The summed E-state index contributed by atoms with van der Waals surface area (Å²) in [6.07, 6.45) is 2.10. The smallest absolute Gasteiger partial charge is 0.251 e. The average Bonchev–Trinajstić information content (AvgIpc) is 2.37. The lowest BCUT2D eigenvalue weighted by atomic mass is 10.2. The lowest BCUT2D eigenvalue weighted by molar-refractivity contribution is 0.0952. The maximum absolute atomic E-state index is 11.8. The van der Waals surface area contributed by atoms with Crippen LogP contribution >= 0.6 is 12.6 Å². The second-order valence-electron chi connectivity index (χ2n) is 5.09. The first-order chi connectivity index (χ1) is 9.00. The Balaban J connectivity index is 2.21. The lowest BCUT2D eigenvalue weighted by Gasteiger charge is -2.20. The first kappa shape index (κ1) is 16.1. The third-order valence-corrected chi connectivity index (χ3v) is 3.49. The number of nitrogens with one attached hydrogen (secondary N) is 1. The highest BCUT2D eigenvalue weighted by molar-refractivity contribution is 7.80. The van der Waals surface area contributed by atoms with Gasteiger partial charge in [0.15, 0.2) is 0 Å². The second kappa shape index (κ2) is 8.23. The molecule has 0 aliphatic rings. The second-order valence-corrected chi connectivity index (χ2v) is 5.60. The third kappa shape index (κ3) is 6.12. The van der Waals surface area contributed by atoms with Crippen LogP contribution in [0.25, 0.3) is 0 Å². The Morgan fingerprint density at radius 1 is 1.37 bits per heavy atom. The Kier molecular flexibility index (Phi) is 6.95. The van der Waals surface area contributed by atoms with E-state index >= 15 is 0 Å². The highest BCUT2D eigenvalue weighted by Gasteiger charge is 2.05. The van der Waals surface area contributed by atoms with Gasteiger partial charge in [0.05, 0.1) is 0 Å². The molecule has 0 fully saturated rings. The molecule has 0 saturated heterocycles. The van der Waals surface area contributed by atoms with Crippen molar-refractivity contribution in [2.45, 2.75) is 37.6 Å². The molecule has 0 radical (unpaired) electrons. The molecule has 0 aliphatic carbocycles. The van der Waals surface area contributed by atoms with Crippen molar-refractivity contribution in [2.24, 2.45) is 0 Å². The highest BCUT2D eigenvalue weighted by Crippen LogP contribution is 2.08. The van der Waals surface area contributed by atoms with E-state index in [0.29, 0.717) is 11.6 Å². The Bertz CT molecular complexity index is 407. The summed E-state index contributed by atoms with van der Waals surface area (Å²) in [6, 6.07) is 7.87. The predicted molar refractivity (Wildman–Crippen MR) is 83.0 cm³/mol. The van der Waals surface area contributed by atoms with E-state index in [2.05, 4.69) is 43.7 Å². The van der Waals surface area contributed by atoms with Gasteiger partial charge >= 0.3 is 0 Å². The lowest BCUT2D eigenvalue weighted by Crippen LogP contribution is -2.29. The molecule has 0 saturated carbocycles. The van der Waals surface area contributed by atoms with Crippen molar-refractivity contribution >= 4 is 18.5 Å². The average molecular weight is 280 g/mol. The largest absolute Gasteiger partial charge is 0.352 e. The van der Waals surface area contributed by atoms with Gasteiger partial charge in [-0.25, -0.2) is 0 Å². The zero-order chi connectivity index (χ0) is 14.3. The van der Waals surface area contributed by atoms with Crippen molar-refractivity contribution in [3.63, 3.8) is 0 Å². The van der Waals surface area contributed by atoms with E-state index in [0.717, 1.165) is 30.8 Å². The fourth-order valence-electron chi connectivity index (χ4n) is 1.70. The van der Waals surface area contributed by atoms with Gasteiger partial charge in [0.25, 0.3) is 5.91 Å². The minimum absolute atomic E-state index is 0.0203. The summed E-state index contributed by atoms with van der Waals surface area (Å²) >= 11 is 4.23. The van der Waals surface area contributed by atoms with Gasteiger partial charge in [-0.15, -0.1) is 12.6 Å². The number of thiol groups is 1. The number of hydrogen-bond donors (Lipinski definition) is 2. The summed E-state index contributed by atoms with van der Waals surface area (Å²) in [5.74, 6) is -0.0203. The molecule has 0 aliphatic heterocycles. The van der Waals surface area contributed by atoms with Crippen LogP contribution in [-0.4, -0.2) is 37.0 Å². The quantitative estimate of drug-likeness (QED) is 0.594. The van der Waals surface area contributed by atoms with Crippen LogP contribution in [-0.2, 0) is 0 Å². The molecule has 0 aromatic heterocycles. The maximum atomic E-state index is 11.8. The molecular formula is C15H24N2OS. The monoisotopic (exact) mass is 280 g/mol. The molecule has 1 aromatic carbocycles. The molecule has 0 bridgehead atoms. The molecule has 1 amide bonds. The first-order valence-electron chi connectivity index (χ1n) is 6.78. The normalized spacial score (nSPS) is 11.1. The number of amides is 1. The van der Waals surface area contributed by atoms with Crippen LogP contribution in [0, 0.1) is 0 Å². The topological polar surface area (TPSA) is 32.3 Å². The third-order valence-electron chi connectivity index (χ3n) is 3.21. The fourth-order valence-corrected chi connectivity index (χ4v) is 1.92. The van der Waals surface area contributed by atoms with Crippen LogP contribution in [0.4, 0.5) is 0 Å². The highest BCUT2D eigenvalue weighted by atomic mass is 32.1. The van der Waals surface area contributed by atoms with Crippen molar-refractivity contribution < 1.29 is 4.79 Å². The summed E-state index contributed by atoms with van der Waals surface area (Å²) in [4.78, 5) is 15.0. The number of hydrogen-bond acceptors (Lipinski definition) is 3. The van der Waals surface area contributed by atoms with Crippen LogP contribution in [0.15, 0.2) is 29.2 Å². The first-order valence-corrected chi connectivity index (χ1v) is 7.23. The van der Waals surface area contributed by atoms with Gasteiger partial charge in [0.2, 0.25) is 0 Å². The van der Waals surface area contributed by atoms with Crippen molar-refractivity contribution in [1.29, 1.82) is 0 Å². The van der Waals surface area contributed by atoms with Gasteiger partial charge in [0.1, 0.15) is 0 Å². The summed E-state index contributed by atoms with van der Waals surface area (Å²) in [6.45, 7) is 6.17. The SMILES string of the molecule is CC(C)N(C)CCCCNC(=O)c1cccc(S)c1. The van der Waals surface area contributed by atoms with Gasteiger partial charge in [-0.3, -0.25) is 4.79 Å². The molecule has 3 nitrogen and oxygen atoms in total. The Hall–Kier alpha value is -1.00. The fraction of sp³-hybridized carbons (Fsp3) is 0.533. The molecule has 1 N–H and O–H groups in total.